The highest BCUT2D eigenvalue weighted by molar-refractivity contribution is 7.99. The Labute approximate surface area is 216 Å². The lowest BCUT2D eigenvalue weighted by atomic mass is 9.80. The maximum atomic E-state index is 12.1. The second-order valence-electron chi connectivity index (χ2n) is 9.04. The van der Waals surface area contributed by atoms with Crippen molar-refractivity contribution in [2.75, 3.05) is 38.7 Å². The lowest BCUT2D eigenvalue weighted by Gasteiger charge is -2.29. The molecular formula is C28H55BNO3S+. The molecule has 0 aromatic heterocycles. The van der Waals surface area contributed by atoms with Crippen LogP contribution in [-0.4, -0.2) is 66.1 Å². The molecule has 0 saturated heterocycles. The zero-order valence-electron chi connectivity index (χ0n) is 23.4. The summed E-state index contributed by atoms with van der Waals surface area (Å²) >= 11 is 1.70. The molecule has 0 bridgehead atoms. The molecule has 0 aliphatic heterocycles. The predicted octanol–water partition coefficient (Wildman–Crippen LogP) is 6.33. The van der Waals surface area contributed by atoms with E-state index in [1.165, 1.54) is 81.8 Å². The number of Topliss-reactive ketones (excluding diaryl/α,β-unsaturated/α-hetero) is 1. The summed E-state index contributed by atoms with van der Waals surface area (Å²) in [7, 11) is 3.21. The Morgan fingerprint density at radius 2 is 1.26 bits per heavy atom. The summed E-state index contributed by atoms with van der Waals surface area (Å²) in [4.78, 5) is 12.1. The smallest absolute Gasteiger partial charge is 0.423 e. The molecule has 34 heavy (non-hydrogen) atoms. The summed E-state index contributed by atoms with van der Waals surface area (Å²) in [6.45, 7) is 12.9. The third-order valence-electron chi connectivity index (χ3n) is 5.65. The number of carbonyl (C=O) groups excluding carboxylic acids is 1. The number of ketones is 1. The first-order valence-electron chi connectivity index (χ1n) is 13.7. The minimum atomic E-state index is -1.48. The van der Waals surface area contributed by atoms with Crippen molar-refractivity contribution in [3.05, 3.63) is 29.8 Å². The molecule has 0 heterocycles. The van der Waals surface area contributed by atoms with Crippen LogP contribution in [0, 0.1) is 0 Å². The number of benzene rings is 1. The van der Waals surface area contributed by atoms with Crippen molar-refractivity contribution >= 4 is 30.1 Å². The largest absolute Gasteiger partial charge is 0.488 e. The van der Waals surface area contributed by atoms with E-state index in [1.807, 2.05) is 27.7 Å². The van der Waals surface area contributed by atoms with Crippen molar-refractivity contribution in [1.29, 1.82) is 0 Å². The van der Waals surface area contributed by atoms with Gasteiger partial charge >= 0.3 is 7.12 Å². The summed E-state index contributed by atoms with van der Waals surface area (Å²) in [5, 5.41) is 18.2. The molecule has 0 saturated carbocycles. The van der Waals surface area contributed by atoms with Gasteiger partial charge in [-0.25, -0.2) is 0 Å². The summed E-state index contributed by atoms with van der Waals surface area (Å²) < 4.78 is 1.17. The van der Waals surface area contributed by atoms with Gasteiger partial charge in [-0.3, -0.25) is 4.79 Å². The molecule has 1 rings (SSSR count). The Hall–Kier alpha value is -0.815. The van der Waals surface area contributed by atoms with Crippen molar-refractivity contribution in [3.8, 4) is 0 Å². The molecule has 0 spiro atoms. The number of carbonyl (C=O) groups is 1. The first-order valence-corrected chi connectivity index (χ1v) is 14.9. The van der Waals surface area contributed by atoms with Crippen LogP contribution in [0.5, 0.6) is 0 Å². The zero-order chi connectivity index (χ0) is 26.2. The van der Waals surface area contributed by atoms with Crippen LogP contribution in [0.3, 0.4) is 0 Å². The highest BCUT2D eigenvalue weighted by Gasteiger charge is 2.13. The standard InChI is InChI=1S/C24H43BNO3S.2C2H6/c1-4-18-26(2,3)19-12-10-8-6-5-7-9-11-13-20-30-21-24(27)22-14-16-23(17-15-22)25(28)29;2*1-2/h14-17,28-29H,4-13,18-21H2,1-3H3;2*1-2H3/q+1;;. The predicted molar refractivity (Wildman–Crippen MR) is 154 cm³/mol. The van der Waals surface area contributed by atoms with Gasteiger partial charge in [0.1, 0.15) is 0 Å². The SMILES string of the molecule is CC.CC.CCC[N+](C)(C)CCCCCCCCCCCSCC(=O)c1ccc(B(O)O)cc1. The summed E-state index contributed by atoms with van der Waals surface area (Å²) in [6.07, 6.45) is 13.2. The lowest BCUT2D eigenvalue weighted by molar-refractivity contribution is -0.890. The molecule has 0 amide bonds. The maximum absolute atomic E-state index is 12.1. The van der Waals surface area contributed by atoms with Crippen LogP contribution in [0.1, 0.15) is 109 Å². The van der Waals surface area contributed by atoms with E-state index >= 15 is 0 Å². The van der Waals surface area contributed by atoms with Crippen molar-refractivity contribution in [2.24, 2.45) is 0 Å². The highest BCUT2D eigenvalue weighted by atomic mass is 32.2. The van der Waals surface area contributed by atoms with Gasteiger partial charge in [0.15, 0.2) is 5.78 Å². The number of hydrogen-bond donors (Lipinski definition) is 2. The Morgan fingerprint density at radius 1 is 0.794 bits per heavy atom. The Kier molecular flexibility index (Phi) is 24.9. The average Bonchev–Trinajstić information content (AvgIpc) is 2.84. The van der Waals surface area contributed by atoms with Gasteiger partial charge in [0.2, 0.25) is 0 Å². The fraction of sp³-hybridized carbons (Fsp3) is 0.750. The minimum absolute atomic E-state index is 0.107. The van der Waals surface area contributed by atoms with E-state index in [-0.39, 0.29) is 5.78 Å². The van der Waals surface area contributed by atoms with Crippen LogP contribution in [0.4, 0.5) is 0 Å². The third kappa shape index (κ3) is 19.5. The maximum Gasteiger partial charge on any atom is 0.488 e. The van der Waals surface area contributed by atoms with Gasteiger partial charge in [0.25, 0.3) is 0 Å². The molecule has 0 unspecified atom stereocenters. The molecule has 198 valence electrons. The quantitative estimate of drug-likeness (QED) is 0.108. The fourth-order valence-corrected chi connectivity index (χ4v) is 4.69. The van der Waals surface area contributed by atoms with Gasteiger partial charge < -0.3 is 14.5 Å². The lowest BCUT2D eigenvalue weighted by Crippen LogP contribution is -2.40. The Bertz CT molecular complexity index is 580. The fourth-order valence-electron chi connectivity index (χ4n) is 3.79. The first-order chi connectivity index (χ1) is 16.4. The summed E-state index contributed by atoms with van der Waals surface area (Å²) in [5.41, 5.74) is 1.05. The molecule has 0 fully saturated rings. The molecular weight excluding hydrogens is 441 g/mol. The van der Waals surface area contributed by atoms with Crippen LogP contribution >= 0.6 is 11.8 Å². The van der Waals surface area contributed by atoms with Crippen molar-refractivity contribution < 1.29 is 19.3 Å². The van der Waals surface area contributed by atoms with Crippen molar-refractivity contribution in [2.45, 2.75) is 98.8 Å². The number of thioether (sulfide) groups is 1. The van der Waals surface area contributed by atoms with E-state index < -0.39 is 7.12 Å². The second-order valence-corrected chi connectivity index (χ2v) is 10.1. The zero-order valence-corrected chi connectivity index (χ0v) is 24.3. The van der Waals surface area contributed by atoms with E-state index in [1.54, 1.807) is 36.0 Å². The molecule has 6 heteroatoms. The van der Waals surface area contributed by atoms with Gasteiger partial charge in [-0.2, -0.15) is 11.8 Å². The molecule has 0 radical (unpaired) electrons. The number of quaternary nitrogens is 1. The molecule has 4 nitrogen and oxygen atoms in total. The highest BCUT2D eigenvalue weighted by Crippen LogP contribution is 2.14. The summed E-state index contributed by atoms with van der Waals surface area (Å²) in [6, 6.07) is 6.52. The number of unbranched alkanes of at least 4 members (excludes halogenated alkanes) is 8. The van der Waals surface area contributed by atoms with E-state index in [0.29, 0.717) is 16.8 Å². The average molecular weight is 497 g/mol. The number of nitrogens with zero attached hydrogens (tertiary/aromatic N) is 1. The molecule has 0 aliphatic carbocycles. The van der Waals surface area contributed by atoms with Crippen molar-refractivity contribution in [3.63, 3.8) is 0 Å². The second kappa shape index (κ2) is 23.9. The van der Waals surface area contributed by atoms with Gasteiger partial charge in [0, 0.05) is 5.56 Å². The van der Waals surface area contributed by atoms with Crippen molar-refractivity contribution in [1.82, 2.24) is 0 Å². The van der Waals surface area contributed by atoms with E-state index in [2.05, 4.69) is 21.0 Å². The third-order valence-corrected chi connectivity index (χ3v) is 6.69. The normalized spacial score (nSPS) is 10.6. The van der Waals surface area contributed by atoms with Gasteiger partial charge in [-0.15, -0.1) is 0 Å². The number of rotatable bonds is 18. The molecule has 0 aliphatic rings. The van der Waals surface area contributed by atoms with E-state index in [0.717, 1.165) is 5.75 Å². The Morgan fingerprint density at radius 3 is 1.74 bits per heavy atom. The van der Waals surface area contributed by atoms with Gasteiger partial charge in [0.05, 0.1) is 32.9 Å². The summed E-state index contributed by atoms with van der Waals surface area (Å²) in [5.74, 6) is 1.63. The molecule has 2 N–H and O–H groups in total. The Balaban J connectivity index is 0. The minimum Gasteiger partial charge on any atom is -0.423 e. The van der Waals surface area contributed by atoms with Crippen LogP contribution in [0.15, 0.2) is 24.3 Å². The number of hydrogen-bond acceptors (Lipinski definition) is 4. The van der Waals surface area contributed by atoms with E-state index in [4.69, 9.17) is 10.0 Å². The van der Waals surface area contributed by atoms with Crippen LogP contribution in [-0.2, 0) is 0 Å². The van der Waals surface area contributed by atoms with Crippen LogP contribution in [0.2, 0.25) is 0 Å². The van der Waals surface area contributed by atoms with E-state index in [9.17, 15) is 4.79 Å². The monoisotopic (exact) mass is 496 g/mol. The molecule has 0 atom stereocenters. The van der Waals surface area contributed by atoms with Crippen LogP contribution < -0.4 is 5.46 Å². The first kappa shape index (κ1) is 35.3. The van der Waals surface area contributed by atoms with Crippen LogP contribution in [0.25, 0.3) is 0 Å². The topological polar surface area (TPSA) is 57.5 Å². The molecule has 1 aromatic carbocycles. The molecule has 1 aromatic rings. The van der Waals surface area contributed by atoms with Gasteiger partial charge in [-0.05, 0) is 36.9 Å². The van der Waals surface area contributed by atoms with Gasteiger partial charge in [-0.1, -0.05) is 97.4 Å².